The summed E-state index contributed by atoms with van der Waals surface area (Å²) in [7, 11) is 1.75. The Morgan fingerprint density at radius 3 is 2.70 bits per heavy atom. The monoisotopic (exact) mass is 386 g/mol. The van der Waals surface area contributed by atoms with E-state index in [0.717, 1.165) is 23.9 Å². The van der Waals surface area contributed by atoms with Crippen LogP contribution in [0, 0.1) is 19.8 Å². The van der Waals surface area contributed by atoms with E-state index >= 15 is 0 Å². The Balaban J connectivity index is 2.05. The molecule has 0 bridgehead atoms. The summed E-state index contributed by atoms with van der Waals surface area (Å²) < 4.78 is 7.63. The zero-order chi connectivity index (χ0) is 19.6. The third-order valence-electron chi connectivity index (χ3n) is 5.21. The van der Waals surface area contributed by atoms with Crippen molar-refractivity contribution in [3.63, 3.8) is 0 Å². The highest BCUT2D eigenvalue weighted by atomic mass is 32.1. The van der Waals surface area contributed by atoms with E-state index in [1.165, 1.54) is 17.0 Å². The molecular formula is C21H30N4OS. The molecule has 1 aliphatic heterocycles. The Kier molecular flexibility index (Phi) is 6.17. The van der Waals surface area contributed by atoms with Crippen LogP contribution in [0.3, 0.4) is 0 Å². The largest absolute Gasteiger partial charge is 0.383 e. The van der Waals surface area contributed by atoms with Crippen LogP contribution in [0.2, 0.25) is 0 Å². The first-order valence-corrected chi connectivity index (χ1v) is 9.98. The zero-order valence-corrected chi connectivity index (χ0v) is 17.7. The third-order valence-corrected chi connectivity index (χ3v) is 5.56. The van der Waals surface area contributed by atoms with Crippen LogP contribution in [0.4, 0.5) is 0 Å². The second kappa shape index (κ2) is 8.40. The van der Waals surface area contributed by atoms with Gasteiger partial charge in [-0.15, -0.1) is 0 Å². The predicted molar refractivity (Wildman–Crippen MR) is 113 cm³/mol. The Hall–Kier alpha value is -1.92. The van der Waals surface area contributed by atoms with Crippen molar-refractivity contribution in [1.82, 2.24) is 19.8 Å². The van der Waals surface area contributed by atoms with Crippen molar-refractivity contribution in [2.75, 3.05) is 20.3 Å². The van der Waals surface area contributed by atoms with Crippen molar-refractivity contribution in [2.45, 2.75) is 46.3 Å². The van der Waals surface area contributed by atoms with Gasteiger partial charge in [-0.05, 0) is 55.7 Å². The highest BCUT2D eigenvalue weighted by Gasteiger charge is 2.41. The van der Waals surface area contributed by atoms with Gasteiger partial charge < -0.3 is 19.5 Å². The number of rotatable bonds is 7. The molecule has 3 heterocycles. The van der Waals surface area contributed by atoms with Crippen molar-refractivity contribution in [1.29, 1.82) is 0 Å². The van der Waals surface area contributed by atoms with Crippen molar-refractivity contribution in [2.24, 2.45) is 5.92 Å². The van der Waals surface area contributed by atoms with Crippen LogP contribution in [-0.4, -0.2) is 39.8 Å². The molecule has 0 spiro atoms. The summed E-state index contributed by atoms with van der Waals surface area (Å²) in [6.07, 6.45) is 1.85. The van der Waals surface area contributed by atoms with Crippen LogP contribution in [0.15, 0.2) is 30.5 Å². The number of nitrogens with one attached hydrogen (secondary N) is 1. The summed E-state index contributed by atoms with van der Waals surface area (Å²) in [6.45, 7) is 11.3. The number of pyridine rings is 1. The van der Waals surface area contributed by atoms with E-state index in [-0.39, 0.29) is 12.1 Å². The minimum Gasteiger partial charge on any atom is -0.383 e. The molecule has 27 heavy (non-hydrogen) atoms. The summed E-state index contributed by atoms with van der Waals surface area (Å²) in [4.78, 5) is 6.95. The molecule has 2 atom stereocenters. The molecule has 6 heteroatoms. The quantitative estimate of drug-likeness (QED) is 0.734. The second-order valence-corrected chi connectivity index (χ2v) is 8.03. The molecule has 0 unspecified atom stereocenters. The summed E-state index contributed by atoms with van der Waals surface area (Å²) in [5.74, 6) is 0.520. The van der Waals surface area contributed by atoms with Gasteiger partial charge in [0.1, 0.15) is 0 Å². The van der Waals surface area contributed by atoms with Gasteiger partial charge in [0, 0.05) is 37.8 Å². The second-order valence-electron chi connectivity index (χ2n) is 7.64. The van der Waals surface area contributed by atoms with E-state index in [2.05, 4.69) is 59.6 Å². The molecule has 5 nitrogen and oxygen atoms in total. The first kappa shape index (κ1) is 19.8. The van der Waals surface area contributed by atoms with Crippen molar-refractivity contribution < 1.29 is 4.74 Å². The van der Waals surface area contributed by atoms with E-state index in [1.807, 2.05) is 18.3 Å². The van der Waals surface area contributed by atoms with Crippen molar-refractivity contribution in [3.05, 3.63) is 53.1 Å². The molecule has 0 radical (unpaired) electrons. The van der Waals surface area contributed by atoms with Gasteiger partial charge in [0.25, 0.3) is 0 Å². The highest BCUT2D eigenvalue weighted by Crippen LogP contribution is 2.41. The summed E-state index contributed by atoms with van der Waals surface area (Å²) in [5.41, 5.74) is 4.86. The first-order chi connectivity index (χ1) is 12.9. The molecule has 1 N–H and O–H groups in total. The minimum atomic E-state index is 0.0498. The maximum atomic E-state index is 5.73. The molecule has 2 aromatic rings. The van der Waals surface area contributed by atoms with Gasteiger partial charge in [0.2, 0.25) is 0 Å². The molecule has 0 aliphatic carbocycles. The maximum Gasteiger partial charge on any atom is 0.170 e. The van der Waals surface area contributed by atoms with Gasteiger partial charge in [-0.1, -0.05) is 19.9 Å². The molecule has 1 fully saturated rings. The van der Waals surface area contributed by atoms with Gasteiger partial charge in [-0.25, -0.2) is 0 Å². The van der Waals surface area contributed by atoms with Crippen molar-refractivity contribution >= 4 is 17.3 Å². The van der Waals surface area contributed by atoms with Gasteiger partial charge in [-0.3, -0.25) is 4.98 Å². The fraction of sp³-hybridized carbons (Fsp3) is 0.524. The van der Waals surface area contributed by atoms with E-state index in [0.29, 0.717) is 12.5 Å². The Morgan fingerprint density at radius 1 is 1.30 bits per heavy atom. The van der Waals surface area contributed by atoms with Gasteiger partial charge in [-0.2, -0.15) is 0 Å². The highest BCUT2D eigenvalue weighted by molar-refractivity contribution is 7.80. The lowest BCUT2D eigenvalue weighted by Gasteiger charge is -2.29. The summed E-state index contributed by atoms with van der Waals surface area (Å²) >= 11 is 5.73. The normalized spacial score (nSPS) is 19.8. The standard InChI is InChI=1S/C21H30N4OS/c1-14(2)13-25-20(17-12-15(3)24(16(17)4)10-11-26-5)19(23-21(25)27)18-8-6-7-9-22-18/h6-9,12,14,19-20H,10-11,13H2,1-5H3,(H,23,27)/t19-,20-/m1/s1. The Labute approximate surface area is 167 Å². The lowest BCUT2D eigenvalue weighted by atomic mass is 9.96. The predicted octanol–water partition coefficient (Wildman–Crippen LogP) is 3.77. The molecule has 0 amide bonds. The van der Waals surface area contributed by atoms with Crippen LogP contribution in [-0.2, 0) is 11.3 Å². The number of aryl methyl sites for hydroxylation is 1. The molecule has 3 rings (SSSR count). The van der Waals surface area contributed by atoms with Crippen molar-refractivity contribution in [3.8, 4) is 0 Å². The summed E-state index contributed by atoms with van der Waals surface area (Å²) in [5, 5.41) is 4.35. The van der Waals surface area contributed by atoms with Crippen LogP contribution in [0.5, 0.6) is 0 Å². The first-order valence-electron chi connectivity index (χ1n) is 9.57. The number of ether oxygens (including phenoxy) is 1. The molecule has 1 saturated heterocycles. The maximum absolute atomic E-state index is 5.73. The zero-order valence-electron chi connectivity index (χ0n) is 16.9. The molecular weight excluding hydrogens is 356 g/mol. The van der Waals surface area contributed by atoms with E-state index in [4.69, 9.17) is 17.0 Å². The number of hydrogen-bond acceptors (Lipinski definition) is 3. The van der Waals surface area contributed by atoms with E-state index < -0.39 is 0 Å². The van der Waals surface area contributed by atoms with Crippen LogP contribution in [0.25, 0.3) is 0 Å². The van der Waals surface area contributed by atoms with Crippen LogP contribution >= 0.6 is 12.2 Å². The molecule has 146 valence electrons. The molecule has 0 saturated carbocycles. The summed E-state index contributed by atoms with van der Waals surface area (Å²) in [6, 6.07) is 8.56. The lowest BCUT2D eigenvalue weighted by Crippen LogP contribution is -2.33. The fourth-order valence-corrected chi connectivity index (χ4v) is 4.30. The average Bonchev–Trinajstić information content (AvgIpc) is 3.10. The Morgan fingerprint density at radius 2 is 2.07 bits per heavy atom. The molecule has 1 aliphatic rings. The number of hydrogen-bond donors (Lipinski definition) is 1. The number of aromatic nitrogens is 2. The van der Waals surface area contributed by atoms with Crippen LogP contribution < -0.4 is 5.32 Å². The number of methoxy groups -OCH3 is 1. The topological polar surface area (TPSA) is 42.3 Å². The van der Waals surface area contributed by atoms with Gasteiger partial charge in [0.05, 0.1) is 24.4 Å². The Bertz CT molecular complexity index is 787. The molecule has 2 aromatic heterocycles. The number of thiocarbonyl (C=S) groups is 1. The lowest BCUT2D eigenvalue weighted by molar-refractivity contribution is 0.186. The third kappa shape index (κ3) is 4.01. The van der Waals surface area contributed by atoms with E-state index in [1.54, 1.807) is 7.11 Å². The van der Waals surface area contributed by atoms with Gasteiger partial charge >= 0.3 is 0 Å². The fourth-order valence-electron chi connectivity index (χ4n) is 3.99. The smallest absolute Gasteiger partial charge is 0.170 e. The minimum absolute atomic E-state index is 0.0498. The molecule has 0 aromatic carbocycles. The van der Waals surface area contributed by atoms with Gasteiger partial charge in [0.15, 0.2) is 5.11 Å². The number of nitrogens with zero attached hydrogens (tertiary/aromatic N) is 3. The SMILES string of the molecule is COCCn1c(C)cc([C@@H]2[C@@H](c3ccccn3)NC(=S)N2CC(C)C)c1C. The average molecular weight is 387 g/mol. The van der Waals surface area contributed by atoms with E-state index in [9.17, 15) is 0 Å². The van der Waals surface area contributed by atoms with Crippen LogP contribution in [0.1, 0.15) is 48.6 Å².